The number of thiol groups is 2. The van der Waals surface area contributed by atoms with Crippen LogP contribution in [0.2, 0.25) is 0 Å². The fraction of sp³-hybridized carbons (Fsp3) is 0.524. The highest BCUT2D eigenvalue weighted by molar-refractivity contribution is 8.44. The van der Waals surface area contributed by atoms with Crippen molar-refractivity contribution < 1.29 is 46.1 Å². The van der Waals surface area contributed by atoms with E-state index in [1.807, 2.05) is 0 Å². The van der Waals surface area contributed by atoms with Gasteiger partial charge in [-0.3, -0.25) is 32.5 Å². The molecule has 25 heteroatoms. The van der Waals surface area contributed by atoms with Gasteiger partial charge in [0.2, 0.25) is 13.2 Å². The first-order valence-electron chi connectivity index (χ1n) is 13.3. The number of hydrogen-bond donors (Lipinski definition) is 6. The van der Waals surface area contributed by atoms with E-state index in [-0.39, 0.29) is 47.1 Å². The smallest absolute Gasteiger partial charge is 0.386 e. The van der Waals surface area contributed by atoms with E-state index in [0.29, 0.717) is 0 Å². The number of hydrogen-bond acceptors (Lipinski definition) is 16. The van der Waals surface area contributed by atoms with E-state index in [4.69, 9.17) is 34.5 Å². The van der Waals surface area contributed by atoms with Crippen molar-refractivity contribution in [2.75, 3.05) is 24.7 Å². The molecule has 2 aliphatic heterocycles. The molecule has 3 unspecified atom stereocenters. The van der Waals surface area contributed by atoms with E-state index < -0.39 is 75.4 Å². The lowest BCUT2D eigenvalue weighted by molar-refractivity contribution is -0.0494. The van der Waals surface area contributed by atoms with E-state index in [1.54, 1.807) is 0 Å². The van der Waals surface area contributed by atoms with Gasteiger partial charge >= 0.3 is 6.80 Å². The van der Waals surface area contributed by atoms with Gasteiger partial charge in [0.25, 0.3) is 5.56 Å². The van der Waals surface area contributed by atoms with Crippen molar-refractivity contribution in [1.29, 1.82) is 0 Å². The van der Waals surface area contributed by atoms with Crippen LogP contribution in [0, 0.1) is 0 Å². The van der Waals surface area contributed by atoms with E-state index in [9.17, 15) is 19.0 Å². The minimum Gasteiger partial charge on any atom is -0.387 e. The molecular formula is C21H26F2N10O9P2S2. The Hall–Kier alpha value is -2.72. The lowest BCUT2D eigenvalue weighted by Crippen LogP contribution is -2.32. The number of nitrogens with two attached hydrogens (primary N) is 2. The van der Waals surface area contributed by atoms with Gasteiger partial charge in [0.05, 0.1) is 32.0 Å². The van der Waals surface area contributed by atoms with Crippen LogP contribution in [-0.2, 0) is 32.2 Å². The SMILES string of the molecule is Nc1nc2c(ncn2C2O[C@H](CCO[PH](=O)S)[C@@H](F)[C@H]2OP(=O)(S)OC[C@H]2O[C@@H](n3cnc4c(N)ncnc43)[C@@H](F)[C@@H]2O)c(=O)[nH]1. The van der Waals surface area contributed by atoms with Crippen molar-refractivity contribution in [3.8, 4) is 0 Å². The van der Waals surface area contributed by atoms with E-state index >= 15 is 8.78 Å². The average molecular weight is 727 g/mol. The second-order valence-corrected chi connectivity index (χ2v) is 14.9. The normalized spacial score (nSPS) is 30.3. The summed E-state index contributed by atoms with van der Waals surface area (Å²) >= 11 is 7.65. The highest BCUT2D eigenvalue weighted by Crippen LogP contribution is 2.57. The van der Waals surface area contributed by atoms with Gasteiger partial charge in [0.15, 0.2) is 47.4 Å². The number of aliphatic hydroxyl groups excluding tert-OH is 1. The summed E-state index contributed by atoms with van der Waals surface area (Å²) in [4.78, 5) is 34.5. The predicted molar refractivity (Wildman–Crippen MR) is 162 cm³/mol. The molecule has 0 bridgehead atoms. The van der Waals surface area contributed by atoms with E-state index in [1.165, 1.54) is 10.9 Å². The van der Waals surface area contributed by atoms with Crippen molar-refractivity contribution >= 4 is 72.6 Å². The van der Waals surface area contributed by atoms with Gasteiger partial charge in [-0.25, -0.2) is 33.3 Å². The van der Waals surface area contributed by atoms with Crippen LogP contribution < -0.4 is 17.0 Å². The lowest BCUT2D eigenvalue weighted by atomic mass is 10.1. The van der Waals surface area contributed by atoms with Crippen molar-refractivity contribution in [3.63, 3.8) is 0 Å². The van der Waals surface area contributed by atoms with Gasteiger partial charge in [-0.1, -0.05) is 24.5 Å². The molecule has 0 spiro atoms. The van der Waals surface area contributed by atoms with E-state index in [0.717, 1.165) is 17.2 Å². The third kappa shape index (κ3) is 6.40. The Morgan fingerprint density at radius 1 is 1.07 bits per heavy atom. The van der Waals surface area contributed by atoms with Gasteiger partial charge in [0, 0.05) is 6.42 Å². The molecule has 10 atom stereocenters. The van der Waals surface area contributed by atoms with Crippen LogP contribution in [0.5, 0.6) is 0 Å². The summed E-state index contributed by atoms with van der Waals surface area (Å²) in [6.45, 7) is -5.43. The monoisotopic (exact) mass is 726 g/mol. The van der Waals surface area contributed by atoms with Crippen LogP contribution in [-0.4, -0.2) is 94.1 Å². The van der Waals surface area contributed by atoms with Crippen molar-refractivity contribution in [2.24, 2.45) is 0 Å². The maximum atomic E-state index is 15.8. The topological polar surface area (TPSA) is 260 Å². The molecule has 0 saturated carbocycles. The molecule has 2 saturated heterocycles. The number of nitrogens with zero attached hydrogens (tertiary/aromatic N) is 7. The number of aromatic amines is 1. The minimum atomic E-state index is -4.52. The Bertz CT molecular complexity index is 1890. The number of rotatable bonds is 11. The Morgan fingerprint density at radius 3 is 2.50 bits per heavy atom. The molecule has 0 aromatic carbocycles. The van der Waals surface area contributed by atoms with Crippen LogP contribution in [0.1, 0.15) is 18.9 Å². The average Bonchev–Trinajstić information content (AvgIpc) is 3.74. The summed E-state index contributed by atoms with van der Waals surface area (Å²) < 4.78 is 85.3. The first-order valence-corrected chi connectivity index (χ1v) is 18.6. The summed E-state index contributed by atoms with van der Waals surface area (Å²) in [5.74, 6) is -0.217. The molecule has 6 rings (SSSR count). The molecule has 250 valence electrons. The number of aliphatic hydroxyl groups is 1. The first-order chi connectivity index (χ1) is 21.8. The number of halogens is 2. The van der Waals surface area contributed by atoms with Gasteiger partial charge < -0.3 is 30.6 Å². The second kappa shape index (κ2) is 13.1. The second-order valence-electron chi connectivity index (χ2n) is 10.1. The quantitative estimate of drug-likeness (QED) is 0.0935. The number of anilines is 2. The minimum absolute atomic E-state index is 0.0493. The Labute approximate surface area is 267 Å². The molecule has 4 aromatic rings. The van der Waals surface area contributed by atoms with Crippen molar-refractivity contribution in [3.05, 3.63) is 29.3 Å². The van der Waals surface area contributed by atoms with Crippen LogP contribution in [0.15, 0.2) is 23.8 Å². The molecule has 0 amide bonds. The van der Waals surface area contributed by atoms with Crippen molar-refractivity contribution in [1.82, 2.24) is 39.0 Å². The third-order valence-electron chi connectivity index (χ3n) is 7.23. The van der Waals surface area contributed by atoms with Gasteiger partial charge in [-0.15, -0.1) is 0 Å². The predicted octanol–water partition coefficient (Wildman–Crippen LogP) is 1.12. The number of nitrogen functional groups attached to an aromatic ring is 2. The number of imidazole rings is 2. The van der Waals surface area contributed by atoms with Crippen LogP contribution in [0.3, 0.4) is 0 Å². The van der Waals surface area contributed by atoms with Gasteiger partial charge in [0.1, 0.15) is 30.2 Å². The Morgan fingerprint density at radius 2 is 1.76 bits per heavy atom. The maximum Gasteiger partial charge on any atom is 0.386 e. The molecule has 2 fully saturated rings. The highest BCUT2D eigenvalue weighted by Gasteiger charge is 2.51. The molecule has 4 aromatic heterocycles. The van der Waals surface area contributed by atoms with Gasteiger partial charge in [-0.05, 0) is 0 Å². The Kier molecular flexibility index (Phi) is 9.42. The number of aromatic nitrogens is 8. The molecule has 6 heterocycles. The van der Waals surface area contributed by atoms with E-state index in [2.05, 4.69) is 54.4 Å². The van der Waals surface area contributed by atoms with Crippen LogP contribution >= 0.6 is 38.5 Å². The standard InChI is InChI=1S/C21H26F2N10O9P2S2/c22-9-7(1-2-38-43(36)45)40-20(33-6-29-12-17(33)30-21(25)31-18(12)35)14(9)42-44(37,46)39-3-8-13(34)10(23)19(41-8)32-5-28-11-15(24)26-4-27-16(11)32/h4-10,13-14,19-20,34,43H,1-3H2,(H,36,45)(H,37,46)(H2,24,26,27)(H3,25,30,31,35)/t7-,8-,9-,10+,13-,14-,19-,20?,44?/m1/s1. The molecular weight excluding hydrogens is 700 g/mol. The largest absolute Gasteiger partial charge is 0.387 e. The van der Waals surface area contributed by atoms with Crippen LogP contribution in [0.25, 0.3) is 22.3 Å². The molecule has 2 aliphatic rings. The molecule has 0 radical (unpaired) electrons. The number of nitrogens with one attached hydrogen (secondary N) is 1. The zero-order valence-electron chi connectivity index (χ0n) is 23.1. The van der Waals surface area contributed by atoms with Crippen LogP contribution in [0.4, 0.5) is 20.5 Å². The maximum absolute atomic E-state index is 15.8. The zero-order chi connectivity index (χ0) is 32.9. The molecule has 46 heavy (non-hydrogen) atoms. The third-order valence-corrected chi connectivity index (χ3v) is 9.68. The van der Waals surface area contributed by atoms with Crippen molar-refractivity contribution in [2.45, 2.75) is 55.6 Å². The number of fused-ring (bicyclic) bond motifs is 2. The number of H-pyrrole nitrogens is 1. The molecule has 19 nitrogen and oxygen atoms in total. The molecule has 0 aliphatic carbocycles. The number of alkyl halides is 2. The fourth-order valence-electron chi connectivity index (χ4n) is 5.13. The summed E-state index contributed by atoms with van der Waals surface area (Å²) in [5, 5.41) is 10.5. The summed E-state index contributed by atoms with van der Waals surface area (Å²) in [5.41, 5.74) is 10.9. The summed E-state index contributed by atoms with van der Waals surface area (Å²) in [6, 6.07) is 0. The van der Waals surface area contributed by atoms with Gasteiger partial charge in [-0.2, -0.15) is 4.98 Å². The first kappa shape index (κ1) is 33.2. The fourth-order valence-corrected chi connectivity index (χ4v) is 7.14. The summed E-state index contributed by atoms with van der Waals surface area (Å²) in [7, 11) is -2.63. The highest BCUT2D eigenvalue weighted by atomic mass is 32.7. The lowest BCUT2D eigenvalue weighted by Gasteiger charge is -2.25. The molecule has 6 N–H and O–H groups in total. The summed E-state index contributed by atoms with van der Waals surface area (Å²) in [6.07, 6.45) is -9.62. The zero-order valence-corrected chi connectivity index (χ0v) is 26.8. The number of ether oxygens (including phenoxy) is 2. The Balaban J connectivity index is 1.19.